The quantitative estimate of drug-likeness (QED) is 0.582. The Bertz CT molecular complexity index is 201. The number of allylic oxidation sites excluding steroid dienone is 1. The Morgan fingerprint density at radius 3 is 2.55 bits per heavy atom. The van der Waals surface area contributed by atoms with Gasteiger partial charge in [0.25, 0.3) is 0 Å². The summed E-state index contributed by atoms with van der Waals surface area (Å²) in [5, 5.41) is 18.0. The van der Waals surface area contributed by atoms with Crippen molar-refractivity contribution in [2.24, 2.45) is 0 Å². The van der Waals surface area contributed by atoms with E-state index < -0.39 is 12.6 Å². The summed E-state index contributed by atoms with van der Waals surface area (Å²) in [7, 11) is 0. The smallest absolute Gasteiger partial charge is 0.184 e. The summed E-state index contributed by atoms with van der Waals surface area (Å²) < 4.78 is 4.65. The monoisotopic (exact) mass is 156 g/mol. The van der Waals surface area contributed by atoms with Gasteiger partial charge in [-0.2, -0.15) is 0 Å². The first-order valence-corrected chi connectivity index (χ1v) is 3.48. The second kappa shape index (κ2) is 3.17. The molecule has 0 spiro atoms. The van der Waals surface area contributed by atoms with Crippen LogP contribution in [0.15, 0.2) is 23.3 Å². The molecule has 3 heteroatoms. The molecule has 0 radical (unpaired) electrons. The molecule has 2 atom stereocenters. The normalized spacial score (nSPS) is 30.0. The molecule has 1 heterocycles. The van der Waals surface area contributed by atoms with Gasteiger partial charge in [-0.1, -0.05) is 11.6 Å². The molecule has 0 aromatic heterocycles. The number of hydrogen-bond donors (Lipinski definition) is 2. The van der Waals surface area contributed by atoms with Crippen molar-refractivity contribution in [2.45, 2.75) is 26.4 Å². The van der Waals surface area contributed by atoms with Gasteiger partial charge in [-0.15, -0.1) is 0 Å². The summed E-state index contributed by atoms with van der Waals surface area (Å²) in [6.07, 6.45) is 1.33. The molecule has 2 N–H and O–H groups in total. The first-order chi connectivity index (χ1) is 5.09. The highest BCUT2D eigenvalue weighted by Crippen LogP contribution is 2.18. The van der Waals surface area contributed by atoms with E-state index in [0.717, 1.165) is 5.57 Å². The van der Waals surface area contributed by atoms with E-state index in [-0.39, 0.29) is 0 Å². The summed E-state index contributed by atoms with van der Waals surface area (Å²) in [4.78, 5) is 0. The van der Waals surface area contributed by atoms with Crippen LogP contribution in [0.5, 0.6) is 0 Å². The average Bonchev–Trinajstić information content (AvgIpc) is 2.09. The van der Waals surface area contributed by atoms with Crippen molar-refractivity contribution in [3.63, 3.8) is 0 Å². The molecule has 0 bridgehead atoms. The Hall–Kier alpha value is -0.640. The van der Waals surface area contributed by atoms with E-state index >= 15 is 0 Å². The van der Waals surface area contributed by atoms with E-state index in [1.54, 1.807) is 6.08 Å². The average molecular weight is 156 g/mol. The molecule has 0 fully saturated rings. The Morgan fingerprint density at radius 2 is 2.18 bits per heavy atom. The van der Waals surface area contributed by atoms with Gasteiger partial charge in [0, 0.05) is 5.57 Å². The van der Waals surface area contributed by atoms with Crippen molar-refractivity contribution in [2.75, 3.05) is 0 Å². The molecule has 11 heavy (non-hydrogen) atoms. The maximum atomic E-state index is 9.11. The molecule has 1 aliphatic rings. The van der Waals surface area contributed by atoms with Crippen molar-refractivity contribution < 1.29 is 14.9 Å². The predicted octanol–water partition coefficient (Wildman–Crippen LogP) is 0.546. The highest BCUT2D eigenvalue weighted by Gasteiger charge is 2.21. The van der Waals surface area contributed by atoms with Crippen molar-refractivity contribution in [1.29, 1.82) is 0 Å². The molecule has 0 saturated carbocycles. The molecule has 1 rings (SSSR count). The minimum atomic E-state index is -0.972. The van der Waals surface area contributed by atoms with Gasteiger partial charge in [-0.3, -0.25) is 0 Å². The number of ether oxygens (including phenoxy) is 1. The summed E-state index contributed by atoms with van der Waals surface area (Å²) in [5.74, 6) is 0. The molecule has 2 unspecified atom stereocenters. The van der Waals surface area contributed by atoms with Crippen LogP contribution in [0, 0.1) is 0 Å². The number of hydrogen-bond acceptors (Lipinski definition) is 3. The van der Waals surface area contributed by atoms with Crippen LogP contribution in [-0.4, -0.2) is 22.8 Å². The fraction of sp³-hybridized carbons (Fsp3) is 0.500. The molecule has 0 amide bonds. The van der Waals surface area contributed by atoms with E-state index in [1.165, 1.54) is 6.08 Å². The third-order valence-corrected chi connectivity index (χ3v) is 1.34. The molecule has 0 aromatic rings. The molecule has 0 aromatic carbocycles. The number of aliphatic hydroxyl groups is 2. The van der Waals surface area contributed by atoms with E-state index in [0.29, 0.717) is 5.57 Å². The second-order valence-corrected chi connectivity index (χ2v) is 2.77. The third-order valence-electron chi connectivity index (χ3n) is 1.34. The zero-order chi connectivity index (χ0) is 8.43. The molecule has 62 valence electrons. The number of rotatable bonds is 1. The Labute approximate surface area is 65.6 Å². The van der Waals surface area contributed by atoms with Crippen LogP contribution >= 0.6 is 0 Å². The highest BCUT2D eigenvalue weighted by molar-refractivity contribution is 5.27. The van der Waals surface area contributed by atoms with E-state index in [2.05, 4.69) is 4.74 Å². The van der Waals surface area contributed by atoms with Crippen molar-refractivity contribution in [1.82, 2.24) is 0 Å². The lowest BCUT2D eigenvalue weighted by Crippen LogP contribution is -2.11. The molecule has 0 aliphatic carbocycles. The summed E-state index contributed by atoms with van der Waals surface area (Å²) >= 11 is 0. The van der Waals surface area contributed by atoms with Gasteiger partial charge >= 0.3 is 0 Å². The van der Waals surface area contributed by atoms with Crippen molar-refractivity contribution in [3.05, 3.63) is 23.3 Å². The van der Waals surface area contributed by atoms with Crippen LogP contribution < -0.4 is 0 Å². The molecule has 3 nitrogen and oxygen atoms in total. The zero-order valence-electron chi connectivity index (χ0n) is 6.61. The van der Waals surface area contributed by atoms with Gasteiger partial charge in [0.1, 0.15) is 0 Å². The van der Waals surface area contributed by atoms with E-state index in [1.807, 2.05) is 13.8 Å². The van der Waals surface area contributed by atoms with Gasteiger partial charge in [0.15, 0.2) is 12.6 Å². The Balaban J connectivity index is 2.72. The van der Waals surface area contributed by atoms with Gasteiger partial charge < -0.3 is 14.9 Å². The Kier molecular flexibility index (Phi) is 2.44. The highest BCUT2D eigenvalue weighted by atomic mass is 16.7. The van der Waals surface area contributed by atoms with Crippen molar-refractivity contribution >= 4 is 0 Å². The minimum absolute atomic E-state index is 0.623. The first-order valence-electron chi connectivity index (χ1n) is 3.48. The van der Waals surface area contributed by atoms with Crippen LogP contribution in [0.2, 0.25) is 0 Å². The topological polar surface area (TPSA) is 49.7 Å². The SMILES string of the molecule is CC(C)=CC1=CC(O)OC1O. The lowest BCUT2D eigenvalue weighted by Gasteiger charge is -2.04. The molecule has 0 saturated heterocycles. The predicted molar refractivity (Wildman–Crippen MR) is 40.6 cm³/mol. The van der Waals surface area contributed by atoms with Gasteiger partial charge in [-0.05, 0) is 19.9 Å². The van der Waals surface area contributed by atoms with Crippen LogP contribution in [-0.2, 0) is 4.74 Å². The second-order valence-electron chi connectivity index (χ2n) is 2.77. The van der Waals surface area contributed by atoms with E-state index in [4.69, 9.17) is 10.2 Å². The molecular formula is C8H12O3. The number of aliphatic hydroxyl groups excluding tert-OH is 2. The summed E-state index contributed by atoms with van der Waals surface area (Å²) in [5.41, 5.74) is 1.69. The van der Waals surface area contributed by atoms with Gasteiger partial charge in [0.2, 0.25) is 0 Å². The van der Waals surface area contributed by atoms with Crippen LogP contribution in [0.25, 0.3) is 0 Å². The maximum absolute atomic E-state index is 9.11. The Morgan fingerprint density at radius 1 is 1.55 bits per heavy atom. The lowest BCUT2D eigenvalue weighted by atomic mass is 10.2. The molecular weight excluding hydrogens is 144 g/mol. The van der Waals surface area contributed by atoms with Crippen LogP contribution in [0.1, 0.15) is 13.8 Å². The van der Waals surface area contributed by atoms with Gasteiger partial charge in [-0.25, -0.2) is 0 Å². The lowest BCUT2D eigenvalue weighted by molar-refractivity contribution is -0.149. The summed E-state index contributed by atoms with van der Waals surface area (Å²) in [6, 6.07) is 0. The van der Waals surface area contributed by atoms with E-state index in [9.17, 15) is 0 Å². The minimum Gasteiger partial charge on any atom is -0.365 e. The molecule has 1 aliphatic heterocycles. The fourth-order valence-corrected chi connectivity index (χ4v) is 0.950. The third kappa shape index (κ3) is 2.15. The van der Waals surface area contributed by atoms with Crippen molar-refractivity contribution in [3.8, 4) is 0 Å². The zero-order valence-corrected chi connectivity index (χ0v) is 6.61. The van der Waals surface area contributed by atoms with Gasteiger partial charge in [0.05, 0.1) is 0 Å². The van der Waals surface area contributed by atoms with Crippen LogP contribution in [0.4, 0.5) is 0 Å². The standard InChI is InChI=1S/C8H12O3/c1-5(2)3-6-4-7(9)11-8(6)10/h3-4,7-10H,1-2H3. The largest absolute Gasteiger partial charge is 0.365 e. The summed E-state index contributed by atoms with van der Waals surface area (Å²) in [6.45, 7) is 3.83. The van der Waals surface area contributed by atoms with Crippen LogP contribution in [0.3, 0.4) is 0 Å². The maximum Gasteiger partial charge on any atom is 0.184 e. The first kappa shape index (κ1) is 8.46. The fourth-order valence-electron chi connectivity index (χ4n) is 0.950.